The summed E-state index contributed by atoms with van der Waals surface area (Å²) in [4.78, 5) is 2.68. The lowest BCUT2D eigenvalue weighted by atomic mass is 9.94. The molecular formula is C16H25BrN2. The quantitative estimate of drug-likeness (QED) is 0.885. The second kappa shape index (κ2) is 7.41. The largest absolute Gasteiger partial charge is 0.319 e. The second-order valence-electron chi connectivity index (χ2n) is 5.54. The minimum Gasteiger partial charge on any atom is -0.319 e. The molecule has 2 nitrogen and oxygen atoms in total. The number of hydrogen-bond acceptors (Lipinski definition) is 2. The molecular weight excluding hydrogens is 300 g/mol. The van der Waals surface area contributed by atoms with Crippen LogP contribution in [0.5, 0.6) is 0 Å². The van der Waals surface area contributed by atoms with Gasteiger partial charge in [0, 0.05) is 17.1 Å². The van der Waals surface area contributed by atoms with Crippen molar-refractivity contribution in [3.63, 3.8) is 0 Å². The van der Waals surface area contributed by atoms with Gasteiger partial charge in [0.1, 0.15) is 0 Å². The van der Waals surface area contributed by atoms with Crippen molar-refractivity contribution in [2.75, 3.05) is 26.7 Å². The molecule has 0 amide bonds. The number of likely N-dealkylation sites (tertiary alicyclic amines) is 1. The second-order valence-corrected chi connectivity index (χ2v) is 6.45. The molecule has 1 heterocycles. The molecule has 0 bridgehead atoms. The van der Waals surface area contributed by atoms with Crippen molar-refractivity contribution in [2.45, 2.75) is 32.2 Å². The first-order valence-corrected chi connectivity index (χ1v) is 8.18. The number of nitrogens with one attached hydrogen (secondary N) is 1. The van der Waals surface area contributed by atoms with E-state index < -0.39 is 0 Å². The van der Waals surface area contributed by atoms with Gasteiger partial charge in [-0.25, -0.2) is 0 Å². The summed E-state index contributed by atoms with van der Waals surface area (Å²) in [6.45, 7) is 5.92. The Kier molecular flexibility index (Phi) is 5.86. The van der Waals surface area contributed by atoms with Crippen molar-refractivity contribution in [1.29, 1.82) is 0 Å². The highest BCUT2D eigenvalue weighted by atomic mass is 79.9. The van der Waals surface area contributed by atoms with Crippen LogP contribution in [-0.2, 0) is 0 Å². The fraction of sp³-hybridized carbons (Fsp3) is 0.625. The molecule has 1 N–H and O–H groups in total. The van der Waals surface area contributed by atoms with E-state index in [9.17, 15) is 0 Å². The first kappa shape index (κ1) is 15.0. The average Bonchev–Trinajstić information content (AvgIpc) is 2.43. The maximum absolute atomic E-state index is 3.52. The van der Waals surface area contributed by atoms with Crippen molar-refractivity contribution >= 4 is 15.9 Å². The molecule has 106 valence electrons. The van der Waals surface area contributed by atoms with Gasteiger partial charge in [-0.05, 0) is 63.0 Å². The topological polar surface area (TPSA) is 15.3 Å². The molecule has 1 aromatic carbocycles. The SMILES string of the molecule is CCC(c1ccc(Br)cc1)N1CCCC(CNC)C1. The summed E-state index contributed by atoms with van der Waals surface area (Å²) < 4.78 is 1.16. The molecule has 0 saturated carbocycles. The van der Waals surface area contributed by atoms with Gasteiger partial charge in [-0.15, -0.1) is 0 Å². The zero-order chi connectivity index (χ0) is 13.7. The van der Waals surface area contributed by atoms with Gasteiger partial charge in [0.15, 0.2) is 0 Å². The van der Waals surface area contributed by atoms with Crippen LogP contribution in [0.1, 0.15) is 37.8 Å². The number of rotatable bonds is 5. The first-order chi connectivity index (χ1) is 9.24. The van der Waals surface area contributed by atoms with Crippen LogP contribution in [0.15, 0.2) is 28.7 Å². The molecule has 2 rings (SSSR count). The molecule has 1 aliphatic rings. The Hall–Kier alpha value is -0.380. The zero-order valence-electron chi connectivity index (χ0n) is 12.0. The van der Waals surface area contributed by atoms with Gasteiger partial charge in [0.05, 0.1) is 0 Å². The standard InChI is InChI=1S/C16H25BrN2/c1-3-16(14-6-8-15(17)9-7-14)19-10-4-5-13(12-19)11-18-2/h6-9,13,16,18H,3-5,10-12H2,1-2H3. The number of halogens is 1. The summed E-state index contributed by atoms with van der Waals surface area (Å²) in [6.07, 6.45) is 3.89. The highest BCUT2D eigenvalue weighted by molar-refractivity contribution is 9.10. The van der Waals surface area contributed by atoms with E-state index in [1.165, 1.54) is 37.9 Å². The normalized spacial score (nSPS) is 22.4. The van der Waals surface area contributed by atoms with Gasteiger partial charge in [0.2, 0.25) is 0 Å². The fourth-order valence-corrected chi connectivity index (χ4v) is 3.49. The van der Waals surface area contributed by atoms with Crippen LogP contribution in [-0.4, -0.2) is 31.6 Å². The Morgan fingerprint density at radius 2 is 2.11 bits per heavy atom. The highest BCUT2D eigenvalue weighted by Gasteiger charge is 2.25. The van der Waals surface area contributed by atoms with E-state index in [0.29, 0.717) is 6.04 Å². The summed E-state index contributed by atoms with van der Waals surface area (Å²) in [5.74, 6) is 0.809. The van der Waals surface area contributed by atoms with Gasteiger partial charge >= 0.3 is 0 Å². The molecule has 0 aliphatic carbocycles. The van der Waals surface area contributed by atoms with Crippen molar-refractivity contribution in [1.82, 2.24) is 10.2 Å². The van der Waals surface area contributed by atoms with Gasteiger partial charge in [0.25, 0.3) is 0 Å². The number of benzene rings is 1. The fourth-order valence-electron chi connectivity index (χ4n) is 3.23. The molecule has 1 aliphatic heterocycles. The van der Waals surface area contributed by atoms with Crippen LogP contribution >= 0.6 is 15.9 Å². The molecule has 1 aromatic rings. The molecule has 2 atom stereocenters. The molecule has 3 heteroatoms. The van der Waals surface area contributed by atoms with Crippen LogP contribution in [0.25, 0.3) is 0 Å². The summed E-state index contributed by atoms with van der Waals surface area (Å²) in [5.41, 5.74) is 1.45. The lowest BCUT2D eigenvalue weighted by Crippen LogP contribution is -2.41. The van der Waals surface area contributed by atoms with Gasteiger partial charge in [-0.2, -0.15) is 0 Å². The van der Waals surface area contributed by atoms with Crippen LogP contribution in [0, 0.1) is 5.92 Å². The average molecular weight is 325 g/mol. The monoisotopic (exact) mass is 324 g/mol. The van der Waals surface area contributed by atoms with Crippen LogP contribution < -0.4 is 5.32 Å². The van der Waals surface area contributed by atoms with Gasteiger partial charge in [-0.3, -0.25) is 4.90 Å². The van der Waals surface area contributed by atoms with Crippen molar-refractivity contribution in [2.24, 2.45) is 5.92 Å². The third-order valence-electron chi connectivity index (χ3n) is 4.13. The lowest BCUT2D eigenvalue weighted by Gasteiger charge is -2.38. The Morgan fingerprint density at radius 1 is 1.37 bits per heavy atom. The molecule has 1 saturated heterocycles. The minimum absolute atomic E-state index is 0.577. The van der Waals surface area contributed by atoms with Crippen molar-refractivity contribution in [3.8, 4) is 0 Å². The maximum atomic E-state index is 3.52. The third-order valence-corrected chi connectivity index (χ3v) is 4.65. The lowest BCUT2D eigenvalue weighted by molar-refractivity contribution is 0.119. The Morgan fingerprint density at radius 3 is 2.74 bits per heavy atom. The molecule has 0 aromatic heterocycles. The molecule has 0 spiro atoms. The van der Waals surface area contributed by atoms with Gasteiger partial charge < -0.3 is 5.32 Å². The van der Waals surface area contributed by atoms with E-state index >= 15 is 0 Å². The maximum Gasteiger partial charge on any atom is 0.0345 e. The zero-order valence-corrected chi connectivity index (χ0v) is 13.6. The smallest absolute Gasteiger partial charge is 0.0345 e. The third kappa shape index (κ3) is 4.04. The summed E-state index contributed by atoms with van der Waals surface area (Å²) in [7, 11) is 2.06. The predicted molar refractivity (Wildman–Crippen MR) is 85.4 cm³/mol. The van der Waals surface area contributed by atoms with E-state index in [0.717, 1.165) is 16.9 Å². The van der Waals surface area contributed by atoms with Crippen molar-refractivity contribution in [3.05, 3.63) is 34.3 Å². The van der Waals surface area contributed by atoms with E-state index in [2.05, 4.69) is 64.4 Å². The molecule has 19 heavy (non-hydrogen) atoms. The number of piperidine rings is 1. The molecule has 1 fully saturated rings. The van der Waals surface area contributed by atoms with Gasteiger partial charge in [-0.1, -0.05) is 35.0 Å². The first-order valence-electron chi connectivity index (χ1n) is 7.38. The van der Waals surface area contributed by atoms with Crippen LogP contribution in [0.2, 0.25) is 0 Å². The minimum atomic E-state index is 0.577. The van der Waals surface area contributed by atoms with E-state index in [1.54, 1.807) is 0 Å². The summed E-state index contributed by atoms with van der Waals surface area (Å²) in [5, 5.41) is 3.33. The van der Waals surface area contributed by atoms with E-state index in [1.807, 2.05) is 0 Å². The number of nitrogens with zero attached hydrogens (tertiary/aromatic N) is 1. The summed E-state index contributed by atoms with van der Waals surface area (Å²) >= 11 is 3.52. The van der Waals surface area contributed by atoms with E-state index in [-0.39, 0.29) is 0 Å². The number of hydrogen-bond donors (Lipinski definition) is 1. The Balaban J connectivity index is 2.06. The Labute approximate surface area is 125 Å². The van der Waals surface area contributed by atoms with E-state index in [4.69, 9.17) is 0 Å². The molecule has 0 radical (unpaired) electrons. The highest BCUT2D eigenvalue weighted by Crippen LogP contribution is 2.29. The van der Waals surface area contributed by atoms with Crippen LogP contribution in [0.3, 0.4) is 0 Å². The molecule has 2 unspecified atom stereocenters. The Bertz CT molecular complexity index is 375. The summed E-state index contributed by atoms with van der Waals surface area (Å²) in [6, 6.07) is 9.42. The predicted octanol–water partition coefficient (Wildman–Crippen LogP) is 3.83. The van der Waals surface area contributed by atoms with Crippen molar-refractivity contribution < 1.29 is 0 Å². The van der Waals surface area contributed by atoms with Crippen LogP contribution in [0.4, 0.5) is 0 Å².